The van der Waals surface area contributed by atoms with Crippen molar-refractivity contribution < 1.29 is 18.0 Å². The number of fused-ring (bicyclic) bond motifs is 1. The van der Waals surface area contributed by atoms with Crippen LogP contribution >= 0.6 is 0 Å². The lowest BCUT2D eigenvalue weighted by atomic mass is 9.84. The number of hydrogen-bond donors (Lipinski definition) is 2. The van der Waals surface area contributed by atoms with Gasteiger partial charge in [-0.15, -0.1) is 5.10 Å². The summed E-state index contributed by atoms with van der Waals surface area (Å²) < 4.78 is 39.7. The van der Waals surface area contributed by atoms with Crippen LogP contribution in [-0.4, -0.2) is 38.1 Å². The van der Waals surface area contributed by atoms with Gasteiger partial charge in [-0.25, -0.2) is 9.50 Å². The van der Waals surface area contributed by atoms with Crippen LogP contribution in [0.25, 0.3) is 5.78 Å². The molecule has 0 radical (unpaired) electrons. The van der Waals surface area contributed by atoms with Crippen LogP contribution in [0.3, 0.4) is 0 Å². The molecule has 1 amide bonds. The third-order valence-electron chi connectivity index (χ3n) is 5.46. The van der Waals surface area contributed by atoms with Crippen molar-refractivity contribution in [2.45, 2.75) is 64.6 Å². The third kappa shape index (κ3) is 4.26. The van der Waals surface area contributed by atoms with Crippen LogP contribution in [0, 0.1) is 19.8 Å². The zero-order chi connectivity index (χ0) is 20.5. The number of halogens is 3. The molecule has 10 heteroatoms. The average Bonchev–Trinajstić information content (AvgIpc) is 3.06. The molecule has 0 spiro atoms. The van der Waals surface area contributed by atoms with E-state index in [2.05, 4.69) is 20.4 Å². The molecule has 2 heterocycles. The summed E-state index contributed by atoms with van der Waals surface area (Å²) in [7, 11) is 0. The first kappa shape index (κ1) is 20.5. The average molecular weight is 398 g/mol. The molecule has 1 fully saturated rings. The number of nitrogens with one attached hydrogen (secondary N) is 1. The van der Waals surface area contributed by atoms with Gasteiger partial charge in [0.1, 0.15) is 0 Å². The summed E-state index contributed by atoms with van der Waals surface area (Å²) >= 11 is 0. The number of nitrogens with two attached hydrogens (primary N) is 1. The smallest absolute Gasteiger partial charge is 0.353 e. The van der Waals surface area contributed by atoms with Gasteiger partial charge in [-0.05, 0) is 51.1 Å². The van der Waals surface area contributed by atoms with Gasteiger partial charge in [-0.1, -0.05) is 12.8 Å². The van der Waals surface area contributed by atoms with Gasteiger partial charge in [0.2, 0.25) is 5.91 Å². The van der Waals surface area contributed by atoms with Gasteiger partial charge in [0, 0.05) is 23.9 Å². The minimum absolute atomic E-state index is 0.0844. The van der Waals surface area contributed by atoms with Crippen molar-refractivity contribution in [2.24, 2.45) is 11.7 Å². The van der Waals surface area contributed by atoms with E-state index < -0.39 is 12.0 Å². The Morgan fingerprint density at radius 1 is 1.25 bits per heavy atom. The number of amides is 1. The van der Waals surface area contributed by atoms with Crippen molar-refractivity contribution in [3.63, 3.8) is 0 Å². The zero-order valence-corrected chi connectivity index (χ0v) is 16.0. The lowest BCUT2D eigenvalue weighted by molar-refractivity contribution is -0.144. The normalized spacial score (nSPS) is 20.5. The maximum atomic E-state index is 12.9. The Labute approximate surface area is 160 Å². The van der Waals surface area contributed by atoms with Crippen LogP contribution in [0.1, 0.15) is 54.9 Å². The number of aryl methyl sites for hydroxylation is 2. The highest BCUT2D eigenvalue weighted by Crippen LogP contribution is 2.27. The van der Waals surface area contributed by atoms with Crippen LogP contribution in [0.2, 0.25) is 0 Å². The van der Waals surface area contributed by atoms with E-state index in [0.717, 1.165) is 30.2 Å². The Kier molecular flexibility index (Phi) is 5.87. The molecule has 3 rings (SSSR count). The number of carbonyl (C=O) groups excluding carboxylic acids is 1. The van der Waals surface area contributed by atoms with Crippen molar-refractivity contribution in [1.82, 2.24) is 24.9 Å². The molecule has 0 aromatic carbocycles. The number of hydrogen-bond acceptors (Lipinski definition) is 5. The highest BCUT2D eigenvalue weighted by Gasteiger charge is 2.37. The molecule has 0 saturated heterocycles. The quantitative estimate of drug-likeness (QED) is 0.806. The minimum atomic E-state index is -4.63. The van der Waals surface area contributed by atoms with E-state index in [1.54, 1.807) is 13.8 Å². The summed E-state index contributed by atoms with van der Waals surface area (Å²) in [4.78, 5) is 20.0. The fourth-order valence-electron chi connectivity index (χ4n) is 3.89. The summed E-state index contributed by atoms with van der Waals surface area (Å²) in [5.74, 6) is -1.10. The monoisotopic (exact) mass is 398 g/mol. The van der Waals surface area contributed by atoms with Crippen LogP contribution < -0.4 is 11.1 Å². The molecule has 0 bridgehead atoms. The third-order valence-corrected chi connectivity index (χ3v) is 5.46. The number of aromatic nitrogens is 4. The maximum Gasteiger partial charge on any atom is 0.453 e. The van der Waals surface area contributed by atoms with Gasteiger partial charge >= 0.3 is 6.18 Å². The van der Waals surface area contributed by atoms with Crippen LogP contribution in [0.5, 0.6) is 0 Å². The predicted octanol–water partition coefficient (Wildman–Crippen LogP) is 2.33. The summed E-state index contributed by atoms with van der Waals surface area (Å²) in [6.45, 7) is 3.92. The lowest BCUT2D eigenvalue weighted by Crippen LogP contribution is -2.44. The van der Waals surface area contributed by atoms with E-state index >= 15 is 0 Å². The van der Waals surface area contributed by atoms with Crippen LogP contribution in [0.15, 0.2) is 0 Å². The Balaban J connectivity index is 1.72. The maximum absolute atomic E-state index is 12.9. The zero-order valence-electron chi connectivity index (χ0n) is 16.0. The van der Waals surface area contributed by atoms with Gasteiger partial charge < -0.3 is 11.1 Å². The number of carbonyl (C=O) groups is 1. The van der Waals surface area contributed by atoms with Gasteiger partial charge in [-0.3, -0.25) is 4.79 Å². The van der Waals surface area contributed by atoms with Crippen molar-refractivity contribution in [3.8, 4) is 0 Å². The standard InChI is InChI=1S/C18H25F3N6O/c1-10-13(7-8-15(28)24-14-6-4-3-5-12(14)9-22)11(2)27-17(23-10)25-16(26-27)18(19,20)21/h12,14H,3-9,22H2,1-2H3,(H,24,28). The molecule has 2 atom stereocenters. The van der Waals surface area contributed by atoms with E-state index in [4.69, 9.17) is 5.73 Å². The van der Waals surface area contributed by atoms with Gasteiger partial charge in [0.25, 0.3) is 11.6 Å². The lowest BCUT2D eigenvalue weighted by Gasteiger charge is -2.31. The molecule has 7 nitrogen and oxygen atoms in total. The molecule has 0 aliphatic heterocycles. The van der Waals surface area contributed by atoms with Crippen LogP contribution in [0.4, 0.5) is 13.2 Å². The summed E-state index contributed by atoms with van der Waals surface area (Å²) in [5.41, 5.74) is 7.58. The van der Waals surface area contributed by atoms with Gasteiger partial charge in [0.05, 0.1) is 0 Å². The molecular formula is C18H25F3N6O. The summed E-state index contributed by atoms with van der Waals surface area (Å²) in [6, 6.07) is 0.0960. The van der Waals surface area contributed by atoms with E-state index in [1.807, 2.05) is 0 Å². The summed E-state index contributed by atoms with van der Waals surface area (Å²) in [6.07, 6.45) is 0.126. The fourth-order valence-corrected chi connectivity index (χ4v) is 3.89. The first-order chi connectivity index (χ1) is 13.2. The largest absolute Gasteiger partial charge is 0.453 e. The Bertz CT molecular complexity index is 863. The molecule has 1 aliphatic carbocycles. The molecule has 154 valence electrons. The molecule has 1 saturated carbocycles. The molecule has 2 aromatic heterocycles. The Morgan fingerprint density at radius 3 is 2.64 bits per heavy atom. The highest BCUT2D eigenvalue weighted by molar-refractivity contribution is 5.76. The second-order valence-corrected chi connectivity index (χ2v) is 7.36. The van der Waals surface area contributed by atoms with Crippen molar-refractivity contribution in [2.75, 3.05) is 6.54 Å². The fraction of sp³-hybridized carbons (Fsp3) is 0.667. The first-order valence-electron chi connectivity index (χ1n) is 9.50. The Morgan fingerprint density at radius 2 is 1.96 bits per heavy atom. The van der Waals surface area contributed by atoms with Crippen molar-refractivity contribution in [3.05, 3.63) is 22.8 Å². The molecular weight excluding hydrogens is 373 g/mol. The first-order valence-corrected chi connectivity index (χ1v) is 9.50. The molecule has 3 N–H and O–H groups in total. The Hall–Kier alpha value is -2.23. The number of rotatable bonds is 5. The highest BCUT2D eigenvalue weighted by atomic mass is 19.4. The second-order valence-electron chi connectivity index (χ2n) is 7.36. The number of nitrogens with zero attached hydrogens (tertiary/aromatic N) is 4. The van der Waals surface area contributed by atoms with E-state index in [1.165, 1.54) is 0 Å². The molecule has 2 aromatic rings. The topological polar surface area (TPSA) is 98.2 Å². The minimum Gasteiger partial charge on any atom is -0.353 e. The second kappa shape index (κ2) is 8.02. The van der Waals surface area contributed by atoms with Crippen LogP contribution in [-0.2, 0) is 17.4 Å². The SMILES string of the molecule is Cc1nc2nc(C(F)(F)F)nn2c(C)c1CCC(=O)NC1CCCCC1CN. The van der Waals surface area contributed by atoms with E-state index in [0.29, 0.717) is 35.8 Å². The van der Waals surface area contributed by atoms with Crippen molar-refractivity contribution in [1.29, 1.82) is 0 Å². The van der Waals surface area contributed by atoms with Crippen molar-refractivity contribution >= 4 is 11.7 Å². The van der Waals surface area contributed by atoms with Gasteiger partial charge in [0.15, 0.2) is 0 Å². The summed E-state index contributed by atoms with van der Waals surface area (Å²) in [5, 5.41) is 6.60. The number of alkyl halides is 3. The molecule has 1 aliphatic rings. The van der Waals surface area contributed by atoms with E-state index in [9.17, 15) is 18.0 Å². The molecule has 28 heavy (non-hydrogen) atoms. The molecule has 2 unspecified atom stereocenters. The van der Waals surface area contributed by atoms with Gasteiger partial charge in [-0.2, -0.15) is 18.2 Å². The predicted molar refractivity (Wildman–Crippen MR) is 96.5 cm³/mol. The van der Waals surface area contributed by atoms with E-state index in [-0.39, 0.29) is 24.1 Å².